The van der Waals surface area contributed by atoms with E-state index in [1.807, 2.05) is 0 Å². The van der Waals surface area contributed by atoms with Crippen molar-refractivity contribution in [2.75, 3.05) is 26.9 Å². The van der Waals surface area contributed by atoms with Crippen molar-refractivity contribution < 1.29 is 54.3 Å². The van der Waals surface area contributed by atoms with Gasteiger partial charge in [-0.2, -0.15) is 0 Å². The summed E-state index contributed by atoms with van der Waals surface area (Å²) < 4.78 is 26.8. The normalized spacial score (nSPS) is 45.6. The van der Waals surface area contributed by atoms with Crippen LogP contribution in [0, 0.1) is 0 Å². The lowest BCUT2D eigenvalue weighted by Gasteiger charge is -2.46. The van der Waals surface area contributed by atoms with E-state index in [0.29, 0.717) is 0 Å². The molecule has 0 aromatic carbocycles. The molecule has 10 atom stereocenters. The molecule has 0 aromatic rings. The molecular weight excluding hydrogens is 368 g/mol. The van der Waals surface area contributed by atoms with Crippen LogP contribution in [-0.2, 0) is 23.7 Å². The first-order valence-electron chi connectivity index (χ1n) is 8.55. The van der Waals surface area contributed by atoms with E-state index in [1.165, 1.54) is 13.2 Å². The van der Waals surface area contributed by atoms with Gasteiger partial charge in [-0.25, -0.2) is 0 Å². The number of ether oxygens (including phenoxy) is 5. The van der Waals surface area contributed by atoms with Crippen molar-refractivity contribution in [1.82, 2.24) is 0 Å². The zero-order chi connectivity index (χ0) is 20.1. The summed E-state index contributed by atoms with van der Waals surface area (Å²) in [5.41, 5.74) is 0. The highest BCUT2D eigenvalue weighted by atomic mass is 16.7. The Morgan fingerprint density at radius 3 is 2.00 bits per heavy atom. The molecule has 0 unspecified atom stereocenters. The predicted octanol–water partition coefficient (Wildman–Crippen LogP) is -3.53. The van der Waals surface area contributed by atoms with Gasteiger partial charge in [0.05, 0.1) is 19.8 Å². The fourth-order valence-corrected chi connectivity index (χ4v) is 3.09. The predicted molar refractivity (Wildman–Crippen MR) is 87.3 cm³/mol. The number of rotatable bonds is 8. The van der Waals surface area contributed by atoms with Crippen LogP contribution in [0.15, 0.2) is 12.7 Å². The molecule has 0 aromatic heterocycles. The van der Waals surface area contributed by atoms with E-state index in [0.717, 1.165) is 0 Å². The Labute approximate surface area is 156 Å². The van der Waals surface area contributed by atoms with E-state index in [-0.39, 0.29) is 6.61 Å². The third-order valence-electron chi connectivity index (χ3n) is 4.58. The van der Waals surface area contributed by atoms with Gasteiger partial charge in [0.15, 0.2) is 12.6 Å². The van der Waals surface area contributed by atoms with Gasteiger partial charge in [-0.1, -0.05) is 6.08 Å². The molecule has 11 nitrogen and oxygen atoms in total. The molecule has 0 amide bonds. The monoisotopic (exact) mass is 396 g/mol. The Kier molecular flexibility index (Phi) is 8.52. The summed E-state index contributed by atoms with van der Waals surface area (Å²) in [6.45, 7) is 2.33. The Morgan fingerprint density at radius 2 is 1.44 bits per heavy atom. The van der Waals surface area contributed by atoms with Crippen LogP contribution >= 0.6 is 0 Å². The van der Waals surface area contributed by atoms with Crippen LogP contribution in [0.1, 0.15) is 0 Å². The number of hydrogen-bond donors (Lipinski definition) is 6. The molecule has 0 spiro atoms. The second kappa shape index (κ2) is 10.2. The van der Waals surface area contributed by atoms with E-state index < -0.39 is 74.6 Å². The Bertz CT molecular complexity index is 462. The Hall–Kier alpha value is -0.700. The molecule has 6 N–H and O–H groups in total. The fourth-order valence-electron chi connectivity index (χ4n) is 3.09. The van der Waals surface area contributed by atoms with E-state index in [2.05, 4.69) is 6.58 Å². The first-order chi connectivity index (χ1) is 12.9. The van der Waals surface area contributed by atoms with Gasteiger partial charge in [0.2, 0.25) is 0 Å². The van der Waals surface area contributed by atoms with Crippen LogP contribution in [-0.4, -0.2) is 119 Å². The third kappa shape index (κ3) is 4.83. The van der Waals surface area contributed by atoms with E-state index in [9.17, 15) is 30.6 Å². The molecule has 0 radical (unpaired) electrons. The van der Waals surface area contributed by atoms with Gasteiger partial charge in [-0.15, -0.1) is 6.58 Å². The second-order valence-corrected chi connectivity index (χ2v) is 6.34. The molecule has 0 bridgehead atoms. The fraction of sp³-hybridized carbons (Fsp3) is 0.875. The lowest BCUT2D eigenvalue weighted by Crippen LogP contribution is -2.65. The summed E-state index contributed by atoms with van der Waals surface area (Å²) >= 11 is 0. The zero-order valence-electron chi connectivity index (χ0n) is 14.9. The van der Waals surface area contributed by atoms with Gasteiger partial charge in [0, 0.05) is 7.11 Å². The molecule has 2 fully saturated rings. The lowest BCUT2D eigenvalue weighted by molar-refractivity contribution is -0.360. The van der Waals surface area contributed by atoms with Crippen molar-refractivity contribution in [2.45, 2.75) is 61.4 Å². The van der Waals surface area contributed by atoms with Crippen LogP contribution in [0.5, 0.6) is 0 Å². The van der Waals surface area contributed by atoms with Crippen LogP contribution in [0.4, 0.5) is 0 Å². The molecule has 158 valence electrons. The summed E-state index contributed by atoms with van der Waals surface area (Å²) in [6.07, 6.45) is -11.7. The second-order valence-electron chi connectivity index (χ2n) is 6.34. The zero-order valence-corrected chi connectivity index (χ0v) is 14.9. The highest BCUT2D eigenvalue weighted by molar-refractivity contribution is 4.94. The third-order valence-corrected chi connectivity index (χ3v) is 4.58. The van der Waals surface area contributed by atoms with Crippen LogP contribution in [0.25, 0.3) is 0 Å². The molecule has 2 rings (SSSR count). The number of aliphatic hydroxyl groups excluding tert-OH is 6. The van der Waals surface area contributed by atoms with Gasteiger partial charge in [0.25, 0.3) is 0 Å². The first-order valence-corrected chi connectivity index (χ1v) is 8.55. The lowest BCUT2D eigenvalue weighted by atomic mass is 9.97. The van der Waals surface area contributed by atoms with Crippen molar-refractivity contribution in [3.05, 3.63) is 12.7 Å². The standard InChI is InChI=1S/C16H28O11/c1-3-4-24-14-10(20)9(19)7(5-17)25-16(14)27-13-8(6-18)26-15(23-2)12(22)11(13)21/h3,7-22H,1,4-6H2,2H3/t7-,8-,9+,10+,11-,12-,13-,14-,15-,16+/m1/s1. The summed E-state index contributed by atoms with van der Waals surface area (Å²) in [5.74, 6) is 0. The Morgan fingerprint density at radius 1 is 0.852 bits per heavy atom. The molecule has 0 saturated carbocycles. The largest absolute Gasteiger partial charge is 0.394 e. The van der Waals surface area contributed by atoms with Gasteiger partial charge in [-0.3, -0.25) is 0 Å². The minimum absolute atomic E-state index is 0.00296. The number of aliphatic hydroxyl groups is 6. The van der Waals surface area contributed by atoms with Crippen LogP contribution in [0.3, 0.4) is 0 Å². The van der Waals surface area contributed by atoms with Crippen LogP contribution in [0.2, 0.25) is 0 Å². The maximum atomic E-state index is 10.4. The SMILES string of the molecule is C=CCO[C@H]1[C@H](O[C@H]2[C@H](O)[C@@H](O)[C@H](OC)O[C@@H]2CO)O[C@H](CO)[C@H](O)[C@@H]1O. The summed E-state index contributed by atoms with van der Waals surface area (Å²) in [4.78, 5) is 0. The maximum Gasteiger partial charge on any atom is 0.187 e. The average Bonchev–Trinajstić information content (AvgIpc) is 2.67. The van der Waals surface area contributed by atoms with E-state index in [1.54, 1.807) is 0 Å². The quantitative estimate of drug-likeness (QED) is 0.225. The number of methoxy groups -OCH3 is 1. The van der Waals surface area contributed by atoms with Crippen molar-refractivity contribution in [1.29, 1.82) is 0 Å². The summed E-state index contributed by atoms with van der Waals surface area (Å²) in [5, 5.41) is 59.6. The van der Waals surface area contributed by atoms with Gasteiger partial charge in [-0.05, 0) is 0 Å². The van der Waals surface area contributed by atoms with Crippen LogP contribution < -0.4 is 0 Å². The van der Waals surface area contributed by atoms with Crippen molar-refractivity contribution >= 4 is 0 Å². The van der Waals surface area contributed by atoms with Crippen molar-refractivity contribution in [3.63, 3.8) is 0 Å². The smallest absolute Gasteiger partial charge is 0.187 e. The highest BCUT2D eigenvalue weighted by Crippen LogP contribution is 2.30. The highest BCUT2D eigenvalue weighted by Gasteiger charge is 2.51. The van der Waals surface area contributed by atoms with Gasteiger partial charge < -0.3 is 54.3 Å². The summed E-state index contributed by atoms with van der Waals surface area (Å²) in [6, 6.07) is 0. The maximum absolute atomic E-state index is 10.4. The van der Waals surface area contributed by atoms with E-state index >= 15 is 0 Å². The molecule has 2 aliphatic rings. The number of hydrogen-bond acceptors (Lipinski definition) is 11. The molecule has 2 aliphatic heterocycles. The molecule has 11 heteroatoms. The average molecular weight is 396 g/mol. The van der Waals surface area contributed by atoms with E-state index in [4.69, 9.17) is 23.7 Å². The molecule has 27 heavy (non-hydrogen) atoms. The van der Waals surface area contributed by atoms with Crippen molar-refractivity contribution in [2.24, 2.45) is 0 Å². The molecule has 0 aliphatic carbocycles. The topological polar surface area (TPSA) is 168 Å². The molecule has 2 saturated heterocycles. The molecular formula is C16H28O11. The summed E-state index contributed by atoms with van der Waals surface area (Å²) in [7, 11) is 1.27. The Balaban J connectivity index is 2.20. The minimum Gasteiger partial charge on any atom is -0.394 e. The van der Waals surface area contributed by atoms with Gasteiger partial charge in [0.1, 0.15) is 48.8 Å². The molecule has 2 heterocycles. The minimum atomic E-state index is -1.51. The van der Waals surface area contributed by atoms with Gasteiger partial charge >= 0.3 is 0 Å². The van der Waals surface area contributed by atoms with Crippen molar-refractivity contribution in [3.8, 4) is 0 Å². The first kappa shape index (κ1) is 22.6.